The predicted octanol–water partition coefficient (Wildman–Crippen LogP) is 2.30. The first-order valence-electron chi connectivity index (χ1n) is 8.14. The number of amides is 1. The Kier molecular flexibility index (Phi) is 5.11. The highest BCUT2D eigenvalue weighted by molar-refractivity contribution is 5.75. The quantitative estimate of drug-likeness (QED) is 0.814. The fourth-order valence-electron chi connectivity index (χ4n) is 2.64. The first-order valence-corrected chi connectivity index (χ1v) is 8.14. The normalized spacial score (nSPS) is 13.3. The van der Waals surface area contributed by atoms with Gasteiger partial charge in [-0.3, -0.25) is 9.59 Å². The second kappa shape index (κ2) is 7.34. The molecule has 1 aliphatic heterocycles. The molecule has 2 heterocycles. The third kappa shape index (κ3) is 4.42. The molecule has 2 aromatic rings. The van der Waals surface area contributed by atoms with Crippen LogP contribution in [0.3, 0.4) is 0 Å². The summed E-state index contributed by atoms with van der Waals surface area (Å²) in [6.45, 7) is 0.632. The smallest absolute Gasteiger partial charge is 0.417 e. The molecule has 3 rings (SSSR count). The van der Waals surface area contributed by atoms with Gasteiger partial charge in [0.15, 0.2) is 11.5 Å². The van der Waals surface area contributed by atoms with Crippen molar-refractivity contribution in [1.29, 1.82) is 0 Å². The molecule has 1 aromatic carbocycles. The summed E-state index contributed by atoms with van der Waals surface area (Å²) in [5, 5.41) is 0. The van der Waals surface area contributed by atoms with Crippen molar-refractivity contribution in [1.82, 2.24) is 9.47 Å². The van der Waals surface area contributed by atoms with Crippen molar-refractivity contribution in [2.75, 3.05) is 20.3 Å². The lowest BCUT2D eigenvalue weighted by Gasteiger charge is -2.21. The number of halogens is 3. The molecular weight excluding hydrogens is 365 g/mol. The molecule has 0 N–H and O–H groups in total. The summed E-state index contributed by atoms with van der Waals surface area (Å²) < 4.78 is 50.0. The number of likely N-dealkylation sites (N-methyl/N-ethyl adjacent to an activating group) is 1. The van der Waals surface area contributed by atoms with Gasteiger partial charge in [-0.05, 0) is 23.8 Å². The molecule has 0 aliphatic carbocycles. The van der Waals surface area contributed by atoms with Crippen molar-refractivity contribution in [3.05, 3.63) is 58.0 Å². The van der Waals surface area contributed by atoms with Gasteiger partial charge in [0.25, 0.3) is 5.56 Å². The number of hydrogen-bond acceptors (Lipinski definition) is 4. The number of carbonyl (C=O) groups is 1. The average Bonchev–Trinajstić information content (AvgIpc) is 2.62. The Balaban J connectivity index is 1.70. The topological polar surface area (TPSA) is 60.8 Å². The average molecular weight is 382 g/mol. The molecule has 27 heavy (non-hydrogen) atoms. The monoisotopic (exact) mass is 382 g/mol. The van der Waals surface area contributed by atoms with Crippen LogP contribution in [0.15, 0.2) is 41.3 Å². The third-order valence-corrected chi connectivity index (χ3v) is 4.07. The Bertz CT molecular complexity index is 908. The summed E-state index contributed by atoms with van der Waals surface area (Å²) in [7, 11) is 1.51. The van der Waals surface area contributed by atoms with E-state index in [0.29, 0.717) is 37.0 Å². The molecule has 1 aromatic heterocycles. The summed E-state index contributed by atoms with van der Waals surface area (Å²) in [6, 6.07) is 6.75. The number of fused-ring (bicyclic) bond motifs is 1. The maximum atomic E-state index is 12.8. The molecule has 0 radical (unpaired) electrons. The molecule has 9 heteroatoms. The first-order chi connectivity index (χ1) is 12.7. The van der Waals surface area contributed by atoms with Gasteiger partial charge in [-0.15, -0.1) is 0 Å². The lowest BCUT2D eigenvalue weighted by atomic mass is 10.2. The van der Waals surface area contributed by atoms with Gasteiger partial charge in [-0.25, -0.2) is 0 Å². The summed E-state index contributed by atoms with van der Waals surface area (Å²) >= 11 is 0. The minimum absolute atomic E-state index is 0.211. The van der Waals surface area contributed by atoms with Crippen LogP contribution in [0.4, 0.5) is 13.2 Å². The van der Waals surface area contributed by atoms with Gasteiger partial charge in [0.05, 0.1) is 5.56 Å². The standard InChI is InChI=1S/C18H17F3N2O4/c1-22(9-12-2-4-14-15(8-12)27-7-6-26-14)17(25)11-23-10-13(18(19,20)21)3-5-16(23)24/h2-5,8,10H,6-7,9,11H2,1H3. The van der Waals surface area contributed by atoms with Crippen LogP contribution in [0.25, 0.3) is 0 Å². The molecule has 1 amide bonds. The highest BCUT2D eigenvalue weighted by Crippen LogP contribution is 2.31. The van der Waals surface area contributed by atoms with Crippen molar-refractivity contribution >= 4 is 5.91 Å². The van der Waals surface area contributed by atoms with Crippen LogP contribution in [-0.4, -0.2) is 35.6 Å². The van der Waals surface area contributed by atoms with E-state index in [2.05, 4.69) is 0 Å². The van der Waals surface area contributed by atoms with Crippen molar-refractivity contribution in [2.45, 2.75) is 19.3 Å². The highest BCUT2D eigenvalue weighted by Gasteiger charge is 2.31. The fraction of sp³-hybridized carbons (Fsp3) is 0.333. The van der Waals surface area contributed by atoms with Crippen LogP contribution in [0.1, 0.15) is 11.1 Å². The number of carbonyl (C=O) groups excluding carboxylic acids is 1. The highest BCUT2D eigenvalue weighted by atomic mass is 19.4. The summed E-state index contributed by atoms with van der Waals surface area (Å²) in [5.74, 6) is 0.703. The molecule has 6 nitrogen and oxygen atoms in total. The van der Waals surface area contributed by atoms with Gasteiger partial charge in [-0.1, -0.05) is 6.07 Å². The molecule has 0 unspecified atom stereocenters. The lowest BCUT2D eigenvalue weighted by Crippen LogP contribution is -2.33. The summed E-state index contributed by atoms with van der Waals surface area (Å²) in [5.41, 5.74) is -0.889. The number of ether oxygens (including phenoxy) is 2. The molecule has 0 spiro atoms. The van der Waals surface area contributed by atoms with E-state index in [9.17, 15) is 22.8 Å². The molecule has 1 aliphatic rings. The zero-order valence-corrected chi connectivity index (χ0v) is 14.5. The van der Waals surface area contributed by atoms with Crippen molar-refractivity contribution in [3.63, 3.8) is 0 Å². The minimum atomic E-state index is -4.59. The molecular formula is C18H17F3N2O4. The molecule has 0 saturated carbocycles. The largest absolute Gasteiger partial charge is 0.486 e. The zero-order chi connectivity index (χ0) is 19.6. The van der Waals surface area contributed by atoms with E-state index in [-0.39, 0.29) is 6.54 Å². The number of rotatable bonds is 4. The van der Waals surface area contributed by atoms with Gasteiger partial charge >= 0.3 is 6.18 Å². The second-order valence-electron chi connectivity index (χ2n) is 6.11. The maximum Gasteiger partial charge on any atom is 0.417 e. The lowest BCUT2D eigenvalue weighted by molar-refractivity contribution is -0.138. The van der Waals surface area contributed by atoms with Gasteiger partial charge in [0, 0.05) is 25.9 Å². The van der Waals surface area contributed by atoms with Crippen molar-refractivity contribution in [2.24, 2.45) is 0 Å². The van der Waals surface area contributed by atoms with Gasteiger partial charge in [0.2, 0.25) is 5.91 Å². The van der Waals surface area contributed by atoms with E-state index in [4.69, 9.17) is 9.47 Å². The zero-order valence-electron chi connectivity index (χ0n) is 14.5. The van der Waals surface area contributed by atoms with Gasteiger partial charge < -0.3 is 18.9 Å². The Morgan fingerprint density at radius 3 is 2.56 bits per heavy atom. The van der Waals surface area contributed by atoms with E-state index < -0.39 is 29.8 Å². The van der Waals surface area contributed by atoms with E-state index in [1.54, 1.807) is 18.2 Å². The van der Waals surface area contributed by atoms with Gasteiger partial charge in [0.1, 0.15) is 19.8 Å². The molecule has 0 fully saturated rings. The number of hydrogen-bond donors (Lipinski definition) is 0. The van der Waals surface area contributed by atoms with Crippen molar-refractivity contribution < 1.29 is 27.4 Å². The molecule has 0 bridgehead atoms. The predicted molar refractivity (Wildman–Crippen MR) is 89.6 cm³/mol. The molecule has 144 valence electrons. The number of alkyl halides is 3. The number of benzene rings is 1. The summed E-state index contributed by atoms with van der Waals surface area (Å²) in [4.78, 5) is 25.4. The Hall–Kier alpha value is -2.97. The van der Waals surface area contributed by atoms with E-state index >= 15 is 0 Å². The van der Waals surface area contributed by atoms with Crippen LogP contribution < -0.4 is 15.0 Å². The molecule has 0 atom stereocenters. The van der Waals surface area contributed by atoms with Crippen LogP contribution in [0.2, 0.25) is 0 Å². The number of aromatic nitrogens is 1. The second-order valence-corrected chi connectivity index (χ2v) is 6.11. The number of nitrogens with zero attached hydrogens (tertiary/aromatic N) is 2. The molecule has 0 saturated heterocycles. The van der Waals surface area contributed by atoms with E-state index in [0.717, 1.165) is 16.2 Å². The first kappa shape index (κ1) is 18.8. The van der Waals surface area contributed by atoms with Crippen LogP contribution in [-0.2, 0) is 24.1 Å². The Morgan fingerprint density at radius 2 is 1.85 bits per heavy atom. The van der Waals surface area contributed by atoms with E-state index in [1.807, 2.05) is 0 Å². The van der Waals surface area contributed by atoms with Gasteiger partial charge in [-0.2, -0.15) is 13.2 Å². The Morgan fingerprint density at radius 1 is 1.15 bits per heavy atom. The number of pyridine rings is 1. The van der Waals surface area contributed by atoms with Crippen molar-refractivity contribution in [3.8, 4) is 11.5 Å². The fourth-order valence-corrected chi connectivity index (χ4v) is 2.64. The van der Waals surface area contributed by atoms with Crippen LogP contribution in [0.5, 0.6) is 11.5 Å². The SMILES string of the molecule is CN(Cc1ccc2c(c1)OCCO2)C(=O)Cn1cc(C(F)(F)F)ccc1=O. The summed E-state index contributed by atoms with van der Waals surface area (Å²) in [6.07, 6.45) is -3.94. The van der Waals surface area contributed by atoms with Crippen LogP contribution >= 0.6 is 0 Å². The maximum absolute atomic E-state index is 12.8. The van der Waals surface area contributed by atoms with Crippen LogP contribution in [0, 0.1) is 0 Å². The third-order valence-electron chi connectivity index (χ3n) is 4.07. The minimum Gasteiger partial charge on any atom is -0.486 e. The van der Waals surface area contributed by atoms with E-state index in [1.165, 1.54) is 11.9 Å². The Labute approximate surface area is 152 Å².